The summed E-state index contributed by atoms with van der Waals surface area (Å²) in [6.07, 6.45) is 18.4. The highest BCUT2D eigenvalue weighted by Gasteiger charge is 2.13. The number of nitrogens with one attached hydrogen (secondary N) is 1. The van der Waals surface area contributed by atoms with Gasteiger partial charge in [-0.15, -0.1) is 0 Å². The molecule has 7 heteroatoms. The molecule has 0 heterocycles. The Morgan fingerprint density at radius 3 is 1.81 bits per heavy atom. The maximum Gasteiger partial charge on any atom is 0.335 e. The first kappa shape index (κ1) is 28.4. The largest absolute Gasteiger partial charge is 0.478 e. The van der Waals surface area contributed by atoms with Gasteiger partial charge in [-0.1, -0.05) is 90.4 Å². The van der Waals surface area contributed by atoms with E-state index in [1.54, 1.807) is 12.1 Å². The van der Waals surface area contributed by atoms with Gasteiger partial charge in [-0.25, -0.2) is 4.79 Å². The molecule has 184 valence electrons. The highest BCUT2D eigenvalue weighted by atomic mass is 32.2. The summed E-state index contributed by atoms with van der Waals surface area (Å²) in [6, 6.07) is 4.85. The van der Waals surface area contributed by atoms with Crippen LogP contribution < -0.4 is 5.32 Å². The van der Waals surface area contributed by atoms with E-state index in [2.05, 4.69) is 12.2 Å². The second-order valence-electron chi connectivity index (χ2n) is 8.74. The van der Waals surface area contributed by atoms with Crippen molar-refractivity contribution >= 4 is 21.8 Å². The van der Waals surface area contributed by atoms with Gasteiger partial charge in [0.15, 0.2) is 0 Å². The smallest absolute Gasteiger partial charge is 0.335 e. The van der Waals surface area contributed by atoms with E-state index >= 15 is 0 Å². The summed E-state index contributed by atoms with van der Waals surface area (Å²) in [6.45, 7) is 3.05. The van der Waals surface area contributed by atoms with Gasteiger partial charge >= 0.3 is 5.97 Å². The molecule has 6 nitrogen and oxygen atoms in total. The van der Waals surface area contributed by atoms with E-state index < -0.39 is 21.8 Å². The van der Waals surface area contributed by atoms with Crippen molar-refractivity contribution in [2.75, 3.05) is 17.6 Å². The Hall–Kier alpha value is -1.60. The minimum atomic E-state index is -4.13. The van der Waals surface area contributed by atoms with Crippen molar-refractivity contribution in [1.82, 2.24) is 0 Å². The molecule has 1 aromatic rings. The Morgan fingerprint density at radius 1 is 0.844 bits per heavy atom. The van der Waals surface area contributed by atoms with Crippen molar-refractivity contribution in [3.8, 4) is 0 Å². The molecule has 0 amide bonds. The Bertz CT molecular complexity index is 749. The fourth-order valence-electron chi connectivity index (χ4n) is 3.91. The number of unbranched alkanes of at least 4 members (excludes halogenated alkanes) is 13. The number of rotatable bonds is 20. The van der Waals surface area contributed by atoms with E-state index in [-0.39, 0.29) is 12.0 Å². The van der Waals surface area contributed by atoms with Crippen LogP contribution in [0.1, 0.15) is 113 Å². The molecule has 32 heavy (non-hydrogen) atoms. The van der Waals surface area contributed by atoms with Gasteiger partial charge in [0.2, 0.25) is 0 Å². The summed E-state index contributed by atoms with van der Waals surface area (Å²) in [5.41, 5.74) is 1.24. The van der Waals surface area contributed by atoms with Crippen LogP contribution in [-0.4, -0.2) is 36.3 Å². The molecular weight excluding hydrogens is 426 g/mol. The van der Waals surface area contributed by atoms with Crippen LogP contribution >= 0.6 is 0 Å². The summed E-state index contributed by atoms with van der Waals surface area (Å²) in [5, 5.41) is 12.6. The van der Waals surface area contributed by atoms with Gasteiger partial charge in [-0.05, 0) is 36.6 Å². The third-order valence-corrected chi connectivity index (χ3v) is 6.54. The van der Waals surface area contributed by atoms with Crippen LogP contribution in [0.5, 0.6) is 0 Å². The van der Waals surface area contributed by atoms with Gasteiger partial charge in [0.1, 0.15) is 0 Å². The van der Waals surface area contributed by atoms with E-state index in [1.807, 2.05) is 0 Å². The number of anilines is 1. The lowest BCUT2D eigenvalue weighted by molar-refractivity contribution is 0.0695. The third-order valence-electron chi connectivity index (χ3n) is 5.82. The zero-order valence-corrected chi connectivity index (χ0v) is 20.6. The van der Waals surface area contributed by atoms with Gasteiger partial charge in [0.05, 0.1) is 11.3 Å². The topological polar surface area (TPSA) is 104 Å². The van der Waals surface area contributed by atoms with Gasteiger partial charge in [-0.3, -0.25) is 4.55 Å². The summed E-state index contributed by atoms with van der Waals surface area (Å²) in [7, 11) is -4.13. The summed E-state index contributed by atoms with van der Waals surface area (Å²) < 4.78 is 30.9. The van der Waals surface area contributed by atoms with Crippen molar-refractivity contribution in [2.24, 2.45) is 0 Å². The number of carbonyl (C=O) groups is 1. The van der Waals surface area contributed by atoms with Crippen LogP contribution in [0, 0.1) is 0 Å². The van der Waals surface area contributed by atoms with Crippen molar-refractivity contribution in [3.05, 3.63) is 29.3 Å². The van der Waals surface area contributed by atoms with E-state index in [1.165, 1.54) is 83.1 Å². The fourth-order valence-corrected chi connectivity index (χ4v) is 4.39. The number of aromatic carboxylic acids is 1. The molecule has 0 atom stereocenters. The molecule has 0 bridgehead atoms. The predicted molar refractivity (Wildman–Crippen MR) is 132 cm³/mol. The third kappa shape index (κ3) is 14.5. The quantitative estimate of drug-likeness (QED) is 0.145. The number of carboxylic acids is 1. The Balaban J connectivity index is 2.13. The number of carboxylic acid groups (broad SMARTS) is 1. The molecule has 0 aromatic heterocycles. The lowest BCUT2D eigenvalue weighted by Gasteiger charge is -2.11. The molecule has 0 radical (unpaired) electrons. The standard InChI is InChI=1S/C25H43NO5S/c1-2-3-4-5-6-7-8-9-10-11-12-13-14-15-19-26-23-16-17-24(25(27)28)22(21-23)18-20-32(29,30)31/h16-17,21,26H,2-15,18-20H2,1H3,(H,27,28)(H,29,30,31). The SMILES string of the molecule is CCCCCCCCCCCCCCCCNc1ccc(C(=O)O)c(CCS(=O)(=O)O)c1. The zero-order chi connectivity index (χ0) is 23.7. The molecular formula is C25H43NO5S. The average molecular weight is 470 g/mol. The highest BCUT2D eigenvalue weighted by molar-refractivity contribution is 7.85. The zero-order valence-electron chi connectivity index (χ0n) is 19.8. The van der Waals surface area contributed by atoms with E-state index in [4.69, 9.17) is 4.55 Å². The molecule has 0 unspecified atom stereocenters. The second-order valence-corrected chi connectivity index (χ2v) is 10.3. The number of aryl methyl sites for hydroxylation is 1. The van der Waals surface area contributed by atoms with Gasteiger partial charge in [0, 0.05) is 12.2 Å². The summed E-state index contributed by atoms with van der Waals surface area (Å²) in [5.74, 6) is -1.59. The van der Waals surface area contributed by atoms with Crippen LogP contribution in [0.4, 0.5) is 5.69 Å². The minimum Gasteiger partial charge on any atom is -0.478 e. The van der Waals surface area contributed by atoms with Crippen LogP contribution in [0.2, 0.25) is 0 Å². The average Bonchev–Trinajstić information content (AvgIpc) is 2.74. The molecule has 0 saturated heterocycles. The number of hydrogen-bond donors (Lipinski definition) is 3. The lowest BCUT2D eigenvalue weighted by atomic mass is 10.0. The van der Waals surface area contributed by atoms with E-state index in [0.29, 0.717) is 5.56 Å². The van der Waals surface area contributed by atoms with E-state index in [0.717, 1.165) is 25.1 Å². The first-order valence-electron chi connectivity index (χ1n) is 12.4. The van der Waals surface area contributed by atoms with E-state index in [9.17, 15) is 18.3 Å². The van der Waals surface area contributed by atoms with Gasteiger partial charge in [0.25, 0.3) is 10.1 Å². The van der Waals surface area contributed by atoms with Crippen molar-refractivity contribution in [2.45, 2.75) is 103 Å². The summed E-state index contributed by atoms with van der Waals surface area (Å²) >= 11 is 0. The molecule has 0 aliphatic heterocycles. The Kier molecular flexibility index (Phi) is 15.1. The first-order chi connectivity index (χ1) is 15.3. The molecule has 0 aliphatic rings. The summed E-state index contributed by atoms with van der Waals surface area (Å²) in [4.78, 5) is 11.3. The fraction of sp³-hybridized carbons (Fsp3) is 0.720. The monoisotopic (exact) mass is 469 g/mol. The van der Waals surface area contributed by atoms with Crippen LogP contribution in [0.25, 0.3) is 0 Å². The molecule has 1 rings (SSSR count). The Morgan fingerprint density at radius 2 is 1.34 bits per heavy atom. The lowest BCUT2D eigenvalue weighted by Crippen LogP contribution is -2.11. The Labute approximate surface area is 194 Å². The molecule has 0 aliphatic carbocycles. The van der Waals surface area contributed by atoms with Crippen molar-refractivity contribution in [1.29, 1.82) is 0 Å². The van der Waals surface area contributed by atoms with Gasteiger partial charge in [-0.2, -0.15) is 8.42 Å². The van der Waals surface area contributed by atoms with Crippen LogP contribution in [0.3, 0.4) is 0 Å². The minimum absolute atomic E-state index is 0.0329. The van der Waals surface area contributed by atoms with Gasteiger partial charge < -0.3 is 10.4 Å². The molecule has 0 saturated carbocycles. The molecule has 3 N–H and O–H groups in total. The van der Waals surface area contributed by atoms with Crippen LogP contribution in [-0.2, 0) is 16.5 Å². The van der Waals surface area contributed by atoms with Crippen LogP contribution in [0.15, 0.2) is 18.2 Å². The molecule has 0 spiro atoms. The number of benzene rings is 1. The normalized spacial score (nSPS) is 11.6. The maximum atomic E-state index is 11.3. The maximum absolute atomic E-state index is 11.3. The van der Waals surface area contributed by atoms with Crippen molar-refractivity contribution in [3.63, 3.8) is 0 Å². The molecule has 0 fully saturated rings. The highest BCUT2D eigenvalue weighted by Crippen LogP contribution is 2.18. The number of hydrogen-bond acceptors (Lipinski definition) is 4. The predicted octanol–water partition coefficient (Wildman–Crippen LogP) is 6.71. The van der Waals surface area contributed by atoms with Crippen molar-refractivity contribution < 1.29 is 22.9 Å². The molecule has 1 aromatic carbocycles. The first-order valence-corrected chi connectivity index (χ1v) is 14.0. The second kappa shape index (κ2) is 17.0.